The summed E-state index contributed by atoms with van der Waals surface area (Å²) in [6.45, 7) is 3.33. The lowest BCUT2D eigenvalue weighted by Crippen LogP contribution is -2.42. The third-order valence-electron chi connectivity index (χ3n) is 4.90. The van der Waals surface area contributed by atoms with Crippen LogP contribution in [0.4, 0.5) is 5.82 Å². The molecule has 0 radical (unpaired) electrons. The van der Waals surface area contributed by atoms with E-state index < -0.39 is 0 Å². The normalized spacial score (nSPS) is 15.1. The number of carbonyl (C=O) groups is 1. The van der Waals surface area contributed by atoms with Gasteiger partial charge in [0.25, 0.3) is 5.91 Å². The van der Waals surface area contributed by atoms with E-state index in [0.717, 1.165) is 41.1 Å². The topological polar surface area (TPSA) is 80.5 Å². The highest BCUT2D eigenvalue weighted by molar-refractivity contribution is 5.91. The Morgan fingerprint density at radius 1 is 1.22 bits per heavy atom. The zero-order valence-corrected chi connectivity index (χ0v) is 15.4. The van der Waals surface area contributed by atoms with Crippen molar-refractivity contribution in [3.63, 3.8) is 0 Å². The van der Waals surface area contributed by atoms with Crippen molar-refractivity contribution in [1.82, 2.24) is 14.9 Å². The number of amides is 1. The van der Waals surface area contributed by atoms with Gasteiger partial charge in [0.2, 0.25) is 0 Å². The Kier molecular flexibility index (Phi) is 4.66. The molecule has 1 aliphatic rings. The van der Waals surface area contributed by atoms with E-state index in [4.69, 9.17) is 14.1 Å². The van der Waals surface area contributed by atoms with Crippen molar-refractivity contribution < 1.29 is 13.9 Å². The second-order valence-electron chi connectivity index (χ2n) is 6.70. The van der Waals surface area contributed by atoms with E-state index in [1.807, 2.05) is 30.0 Å². The first-order valence-corrected chi connectivity index (χ1v) is 9.06. The molecule has 0 unspecified atom stereocenters. The van der Waals surface area contributed by atoms with Crippen LogP contribution in [0.1, 0.15) is 29.1 Å². The van der Waals surface area contributed by atoms with Gasteiger partial charge >= 0.3 is 0 Å². The number of fused-ring (bicyclic) bond motifs is 1. The summed E-state index contributed by atoms with van der Waals surface area (Å²) >= 11 is 0. The third-order valence-corrected chi connectivity index (χ3v) is 4.90. The van der Waals surface area contributed by atoms with Gasteiger partial charge in [-0.25, -0.2) is 9.97 Å². The van der Waals surface area contributed by atoms with Crippen LogP contribution in [0.15, 0.2) is 41.0 Å². The van der Waals surface area contributed by atoms with Crippen molar-refractivity contribution >= 4 is 22.8 Å². The molecule has 7 nitrogen and oxygen atoms in total. The van der Waals surface area contributed by atoms with Gasteiger partial charge in [0.1, 0.15) is 11.6 Å². The van der Waals surface area contributed by atoms with Gasteiger partial charge in [-0.1, -0.05) is 0 Å². The van der Waals surface area contributed by atoms with Crippen molar-refractivity contribution in [3.05, 3.63) is 48.0 Å². The molecule has 2 aromatic heterocycles. The molecule has 1 aromatic carbocycles. The number of anilines is 1. The number of hydrogen-bond donors (Lipinski definition) is 1. The van der Waals surface area contributed by atoms with Crippen LogP contribution >= 0.6 is 0 Å². The molecule has 1 saturated heterocycles. The number of likely N-dealkylation sites (tertiary alicyclic amines) is 1. The first-order chi connectivity index (χ1) is 13.1. The Labute approximate surface area is 157 Å². The van der Waals surface area contributed by atoms with Gasteiger partial charge in [-0.15, -0.1) is 0 Å². The molecule has 1 aliphatic heterocycles. The van der Waals surface area contributed by atoms with Gasteiger partial charge in [-0.2, -0.15) is 0 Å². The van der Waals surface area contributed by atoms with Gasteiger partial charge in [0, 0.05) is 25.2 Å². The number of aromatic nitrogens is 2. The van der Waals surface area contributed by atoms with Gasteiger partial charge in [0.05, 0.1) is 30.1 Å². The van der Waals surface area contributed by atoms with E-state index in [0.29, 0.717) is 18.8 Å². The number of nitrogens with one attached hydrogen (secondary N) is 1. The number of piperidine rings is 1. The van der Waals surface area contributed by atoms with Crippen LogP contribution in [0.2, 0.25) is 0 Å². The highest BCUT2D eigenvalue weighted by Gasteiger charge is 2.25. The molecular formula is C20H22N4O3. The van der Waals surface area contributed by atoms with Crippen molar-refractivity contribution in [2.45, 2.75) is 25.8 Å². The Bertz CT molecular complexity index is 947. The van der Waals surface area contributed by atoms with Crippen LogP contribution in [-0.2, 0) is 0 Å². The lowest BCUT2D eigenvalue weighted by Gasteiger charge is -2.32. The third kappa shape index (κ3) is 3.58. The highest BCUT2D eigenvalue weighted by Crippen LogP contribution is 2.23. The highest BCUT2D eigenvalue weighted by atomic mass is 16.5. The average molecular weight is 366 g/mol. The molecule has 0 saturated carbocycles. The maximum atomic E-state index is 12.4. The quantitative estimate of drug-likeness (QED) is 0.763. The largest absolute Gasteiger partial charge is 0.497 e. The van der Waals surface area contributed by atoms with Gasteiger partial charge in [-0.05, 0) is 44.0 Å². The van der Waals surface area contributed by atoms with E-state index in [1.165, 1.54) is 6.26 Å². The fourth-order valence-electron chi connectivity index (χ4n) is 3.36. The van der Waals surface area contributed by atoms with Gasteiger partial charge in [-0.3, -0.25) is 4.79 Å². The molecule has 27 heavy (non-hydrogen) atoms. The SMILES string of the molecule is COc1ccc2nc(NC3CCN(C(=O)c4ccco4)CC3)c(C)nc2c1. The first kappa shape index (κ1) is 17.3. The van der Waals surface area contributed by atoms with E-state index >= 15 is 0 Å². The zero-order valence-electron chi connectivity index (χ0n) is 15.4. The summed E-state index contributed by atoms with van der Waals surface area (Å²) in [6.07, 6.45) is 3.24. The standard InChI is InChI=1S/C20H22N4O3/c1-13-19(23-16-6-5-15(26-2)12-17(16)21-13)22-14-7-9-24(10-8-14)20(25)18-4-3-11-27-18/h3-6,11-12,14H,7-10H2,1-2H3,(H,22,23). The summed E-state index contributed by atoms with van der Waals surface area (Å²) in [7, 11) is 1.64. The van der Waals surface area contributed by atoms with E-state index in [-0.39, 0.29) is 11.9 Å². The molecule has 1 amide bonds. The zero-order chi connectivity index (χ0) is 18.8. The molecule has 0 bridgehead atoms. The number of rotatable bonds is 4. The van der Waals surface area contributed by atoms with Crippen molar-refractivity contribution in [2.24, 2.45) is 0 Å². The molecule has 1 fully saturated rings. The Hall–Kier alpha value is -3.09. The summed E-state index contributed by atoms with van der Waals surface area (Å²) in [5.41, 5.74) is 2.50. The number of methoxy groups -OCH3 is 1. The molecule has 0 aliphatic carbocycles. The maximum Gasteiger partial charge on any atom is 0.289 e. The Morgan fingerprint density at radius 3 is 2.74 bits per heavy atom. The summed E-state index contributed by atoms with van der Waals surface area (Å²) in [6, 6.07) is 9.38. The van der Waals surface area contributed by atoms with Crippen molar-refractivity contribution in [2.75, 3.05) is 25.5 Å². The number of nitrogens with zero attached hydrogens (tertiary/aromatic N) is 3. The predicted octanol–water partition coefficient (Wildman–Crippen LogP) is 3.26. The first-order valence-electron chi connectivity index (χ1n) is 9.06. The van der Waals surface area contributed by atoms with Crippen molar-refractivity contribution in [1.29, 1.82) is 0 Å². The number of aryl methyl sites for hydroxylation is 1. The number of carbonyl (C=O) groups excluding carboxylic acids is 1. The summed E-state index contributed by atoms with van der Waals surface area (Å²) < 4.78 is 10.5. The monoisotopic (exact) mass is 366 g/mol. The number of ether oxygens (including phenoxy) is 1. The van der Waals surface area contributed by atoms with Crippen LogP contribution in [0, 0.1) is 6.92 Å². The molecule has 0 spiro atoms. The lowest BCUT2D eigenvalue weighted by atomic mass is 10.0. The second kappa shape index (κ2) is 7.26. The maximum absolute atomic E-state index is 12.4. The Balaban J connectivity index is 1.43. The molecule has 3 aromatic rings. The predicted molar refractivity (Wildman–Crippen MR) is 102 cm³/mol. The van der Waals surface area contributed by atoms with E-state index in [2.05, 4.69) is 10.3 Å². The van der Waals surface area contributed by atoms with Crippen LogP contribution in [-0.4, -0.2) is 47.0 Å². The van der Waals surface area contributed by atoms with Crippen LogP contribution in [0.3, 0.4) is 0 Å². The molecule has 0 atom stereocenters. The number of hydrogen-bond acceptors (Lipinski definition) is 6. The second-order valence-corrected chi connectivity index (χ2v) is 6.70. The van der Waals surface area contributed by atoms with E-state index in [9.17, 15) is 4.79 Å². The van der Waals surface area contributed by atoms with Gasteiger partial charge < -0.3 is 19.4 Å². The molecule has 7 heteroatoms. The molecule has 1 N–H and O–H groups in total. The van der Waals surface area contributed by atoms with Crippen LogP contribution in [0.25, 0.3) is 11.0 Å². The molecule has 140 valence electrons. The molecule has 4 rings (SSSR count). The van der Waals surface area contributed by atoms with E-state index in [1.54, 1.807) is 19.2 Å². The average Bonchev–Trinajstić information content (AvgIpc) is 3.23. The Morgan fingerprint density at radius 2 is 2.04 bits per heavy atom. The van der Waals surface area contributed by atoms with Crippen LogP contribution in [0.5, 0.6) is 5.75 Å². The summed E-state index contributed by atoms with van der Waals surface area (Å²) in [4.78, 5) is 23.6. The summed E-state index contributed by atoms with van der Waals surface area (Å²) in [5.74, 6) is 1.91. The minimum atomic E-state index is -0.0472. The number of furan rings is 1. The summed E-state index contributed by atoms with van der Waals surface area (Å²) in [5, 5.41) is 3.50. The fourth-order valence-corrected chi connectivity index (χ4v) is 3.36. The molecule has 3 heterocycles. The fraction of sp³-hybridized carbons (Fsp3) is 0.350. The minimum Gasteiger partial charge on any atom is -0.497 e. The minimum absolute atomic E-state index is 0.0472. The van der Waals surface area contributed by atoms with Crippen LogP contribution < -0.4 is 10.1 Å². The smallest absolute Gasteiger partial charge is 0.289 e. The van der Waals surface area contributed by atoms with Gasteiger partial charge in [0.15, 0.2) is 5.76 Å². The molecular weight excluding hydrogens is 344 g/mol. The lowest BCUT2D eigenvalue weighted by molar-refractivity contribution is 0.0686. The van der Waals surface area contributed by atoms with Crippen molar-refractivity contribution in [3.8, 4) is 5.75 Å². The number of benzene rings is 1.